The van der Waals surface area contributed by atoms with E-state index in [1.54, 1.807) is 6.92 Å². The predicted molar refractivity (Wildman–Crippen MR) is 76.4 cm³/mol. The van der Waals surface area contributed by atoms with E-state index >= 15 is 0 Å². The zero-order valence-corrected chi connectivity index (χ0v) is 12.2. The van der Waals surface area contributed by atoms with Gasteiger partial charge in [0.15, 0.2) is 6.10 Å². The molecule has 0 aromatic heterocycles. The van der Waals surface area contributed by atoms with Crippen LogP contribution in [-0.2, 0) is 4.79 Å². The van der Waals surface area contributed by atoms with E-state index in [9.17, 15) is 9.59 Å². The zero-order chi connectivity index (χ0) is 15.1. The SMILES string of the molecule is CCCCNC(=O)C(C)Oc1ccc(Cl)c(C(=O)O)c1. The highest BCUT2D eigenvalue weighted by molar-refractivity contribution is 6.33. The molecule has 0 radical (unpaired) electrons. The highest BCUT2D eigenvalue weighted by atomic mass is 35.5. The molecule has 6 heteroatoms. The Morgan fingerprint density at radius 3 is 2.75 bits per heavy atom. The third-order valence-electron chi connectivity index (χ3n) is 2.68. The van der Waals surface area contributed by atoms with Crippen molar-refractivity contribution in [2.75, 3.05) is 6.54 Å². The number of rotatable bonds is 7. The molecular weight excluding hydrogens is 282 g/mol. The fourth-order valence-electron chi connectivity index (χ4n) is 1.53. The molecule has 1 aromatic rings. The van der Waals surface area contributed by atoms with Crippen LogP contribution >= 0.6 is 11.6 Å². The van der Waals surface area contributed by atoms with Crippen molar-refractivity contribution < 1.29 is 19.4 Å². The largest absolute Gasteiger partial charge is 0.481 e. The van der Waals surface area contributed by atoms with Gasteiger partial charge in [-0.15, -0.1) is 0 Å². The summed E-state index contributed by atoms with van der Waals surface area (Å²) >= 11 is 5.76. The summed E-state index contributed by atoms with van der Waals surface area (Å²) < 4.78 is 5.42. The number of halogens is 1. The Bertz CT molecular complexity index is 490. The molecular formula is C14H18ClNO4. The van der Waals surface area contributed by atoms with Gasteiger partial charge in [0, 0.05) is 6.54 Å². The summed E-state index contributed by atoms with van der Waals surface area (Å²) in [6.45, 7) is 4.24. The molecule has 0 aliphatic heterocycles. The maximum atomic E-state index is 11.7. The van der Waals surface area contributed by atoms with Gasteiger partial charge in [0.1, 0.15) is 5.75 Å². The first-order valence-electron chi connectivity index (χ1n) is 6.43. The molecule has 0 aliphatic carbocycles. The summed E-state index contributed by atoms with van der Waals surface area (Å²) in [5, 5.41) is 11.8. The lowest BCUT2D eigenvalue weighted by atomic mass is 10.2. The van der Waals surface area contributed by atoms with Crippen molar-refractivity contribution in [1.82, 2.24) is 5.32 Å². The van der Waals surface area contributed by atoms with E-state index < -0.39 is 12.1 Å². The highest BCUT2D eigenvalue weighted by Gasteiger charge is 2.16. The van der Waals surface area contributed by atoms with E-state index in [1.807, 2.05) is 6.92 Å². The molecule has 1 rings (SSSR count). The molecule has 5 nitrogen and oxygen atoms in total. The fraction of sp³-hybridized carbons (Fsp3) is 0.429. The molecule has 0 spiro atoms. The Hall–Kier alpha value is -1.75. The van der Waals surface area contributed by atoms with E-state index in [4.69, 9.17) is 21.4 Å². The summed E-state index contributed by atoms with van der Waals surface area (Å²) in [6, 6.07) is 4.27. The first-order valence-corrected chi connectivity index (χ1v) is 6.80. The summed E-state index contributed by atoms with van der Waals surface area (Å²) in [7, 11) is 0. The molecule has 2 N–H and O–H groups in total. The van der Waals surface area contributed by atoms with Crippen molar-refractivity contribution >= 4 is 23.5 Å². The predicted octanol–water partition coefficient (Wildman–Crippen LogP) is 2.72. The third kappa shape index (κ3) is 4.74. The second kappa shape index (κ2) is 7.75. The zero-order valence-electron chi connectivity index (χ0n) is 11.5. The lowest BCUT2D eigenvalue weighted by molar-refractivity contribution is -0.127. The van der Waals surface area contributed by atoms with Crippen LogP contribution in [0.5, 0.6) is 5.75 Å². The molecule has 20 heavy (non-hydrogen) atoms. The Morgan fingerprint density at radius 2 is 2.15 bits per heavy atom. The quantitative estimate of drug-likeness (QED) is 0.759. The van der Waals surface area contributed by atoms with Crippen molar-refractivity contribution in [2.24, 2.45) is 0 Å². The summed E-state index contributed by atoms with van der Waals surface area (Å²) in [6.07, 6.45) is 1.20. The van der Waals surface area contributed by atoms with Gasteiger partial charge in [0.05, 0.1) is 10.6 Å². The smallest absolute Gasteiger partial charge is 0.337 e. The van der Waals surface area contributed by atoms with Gasteiger partial charge in [-0.1, -0.05) is 24.9 Å². The Balaban J connectivity index is 2.66. The summed E-state index contributed by atoms with van der Waals surface area (Å²) in [5.74, 6) is -1.07. The number of aromatic carboxylic acids is 1. The van der Waals surface area contributed by atoms with Crippen molar-refractivity contribution in [2.45, 2.75) is 32.8 Å². The number of carbonyl (C=O) groups excluding carboxylic acids is 1. The van der Waals surface area contributed by atoms with Gasteiger partial charge in [-0.3, -0.25) is 4.79 Å². The third-order valence-corrected chi connectivity index (χ3v) is 3.01. The molecule has 1 atom stereocenters. The van der Waals surface area contributed by atoms with Gasteiger partial charge in [-0.2, -0.15) is 0 Å². The number of hydrogen-bond donors (Lipinski definition) is 2. The number of amides is 1. The van der Waals surface area contributed by atoms with Crippen molar-refractivity contribution in [1.29, 1.82) is 0 Å². The normalized spacial score (nSPS) is 11.8. The number of nitrogens with one attached hydrogen (secondary N) is 1. The van der Waals surface area contributed by atoms with Crippen LogP contribution in [0.1, 0.15) is 37.0 Å². The van der Waals surface area contributed by atoms with Crippen LogP contribution in [0.3, 0.4) is 0 Å². The van der Waals surface area contributed by atoms with Crippen molar-refractivity contribution in [3.8, 4) is 5.75 Å². The van der Waals surface area contributed by atoms with Crippen LogP contribution in [0.25, 0.3) is 0 Å². The van der Waals surface area contributed by atoms with Gasteiger partial charge in [0.2, 0.25) is 0 Å². The van der Waals surface area contributed by atoms with Gasteiger partial charge in [-0.25, -0.2) is 4.79 Å². The molecule has 0 fully saturated rings. The Labute approximate surface area is 122 Å². The van der Waals surface area contributed by atoms with E-state index in [2.05, 4.69) is 5.32 Å². The molecule has 0 aliphatic rings. The van der Waals surface area contributed by atoms with Crippen LogP contribution in [0.15, 0.2) is 18.2 Å². The summed E-state index contributed by atoms with van der Waals surface area (Å²) in [4.78, 5) is 22.7. The minimum Gasteiger partial charge on any atom is -0.481 e. The number of carbonyl (C=O) groups is 2. The molecule has 0 saturated carbocycles. The highest BCUT2D eigenvalue weighted by Crippen LogP contribution is 2.22. The molecule has 1 aromatic carbocycles. The second-order valence-corrected chi connectivity index (χ2v) is 4.76. The van der Waals surface area contributed by atoms with Crippen LogP contribution in [0.4, 0.5) is 0 Å². The van der Waals surface area contributed by atoms with E-state index in [1.165, 1.54) is 18.2 Å². The van der Waals surface area contributed by atoms with Crippen LogP contribution in [0.2, 0.25) is 5.02 Å². The standard InChI is InChI=1S/C14H18ClNO4/c1-3-4-7-16-13(17)9(2)20-10-5-6-12(15)11(8-10)14(18)19/h5-6,8-9H,3-4,7H2,1-2H3,(H,16,17)(H,18,19). The first kappa shape index (κ1) is 16.3. The van der Waals surface area contributed by atoms with Gasteiger partial charge in [0.25, 0.3) is 5.91 Å². The number of carboxylic acids is 1. The average molecular weight is 300 g/mol. The fourth-order valence-corrected chi connectivity index (χ4v) is 1.73. The molecule has 1 unspecified atom stereocenters. The number of unbranched alkanes of at least 4 members (excludes halogenated alkanes) is 1. The summed E-state index contributed by atoms with van der Waals surface area (Å²) in [5.41, 5.74) is -0.0530. The Kier molecular flexibility index (Phi) is 6.31. The lowest BCUT2D eigenvalue weighted by Crippen LogP contribution is -2.36. The molecule has 110 valence electrons. The maximum Gasteiger partial charge on any atom is 0.337 e. The molecule has 0 bridgehead atoms. The molecule has 0 heterocycles. The second-order valence-electron chi connectivity index (χ2n) is 4.35. The van der Waals surface area contributed by atoms with Crippen LogP contribution in [0, 0.1) is 0 Å². The monoisotopic (exact) mass is 299 g/mol. The number of carboxylic acid groups (broad SMARTS) is 1. The van der Waals surface area contributed by atoms with Gasteiger partial charge >= 0.3 is 5.97 Å². The number of ether oxygens (including phenoxy) is 1. The van der Waals surface area contributed by atoms with E-state index in [0.29, 0.717) is 12.3 Å². The van der Waals surface area contributed by atoms with Gasteiger partial charge in [-0.05, 0) is 31.5 Å². The average Bonchev–Trinajstić information content (AvgIpc) is 2.40. The van der Waals surface area contributed by atoms with E-state index in [-0.39, 0.29) is 16.5 Å². The minimum atomic E-state index is -1.14. The Morgan fingerprint density at radius 1 is 1.45 bits per heavy atom. The lowest BCUT2D eigenvalue weighted by Gasteiger charge is -2.15. The molecule has 1 amide bonds. The molecule has 0 saturated heterocycles. The maximum absolute atomic E-state index is 11.7. The van der Waals surface area contributed by atoms with Crippen LogP contribution in [-0.4, -0.2) is 29.6 Å². The van der Waals surface area contributed by atoms with Gasteiger partial charge < -0.3 is 15.2 Å². The first-order chi connectivity index (χ1) is 9.45. The van der Waals surface area contributed by atoms with Crippen LogP contribution < -0.4 is 10.1 Å². The van der Waals surface area contributed by atoms with Crippen molar-refractivity contribution in [3.05, 3.63) is 28.8 Å². The number of hydrogen-bond acceptors (Lipinski definition) is 3. The minimum absolute atomic E-state index is 0.0530. The topological polar surface area (TPSA) is 75.6 Å². The number of benzene rings is 1. The van der Waals surface area contributed by atoms with E-state index in [0.717, 1.165) is 12.8 Å². The van der Waals surface area contributed by atoms with Crippen molar-refractivity contribution in [3.63, 3.8) is 0 Å².